The Morgan fingerprint density at radius 3 is 2.38 bits per heavy atom. The predicted octanol–water partition coefficient (Wildman–Crippen LogP) is 4.42. The lowest BCUT2D eigenvalue weighted by Crippen LogP contribution is -2.29. The second-order valence-electron chi connectivity index (χ2n) is 5.18. The van der Waals surface area contributed by atoms with Gasteiger partial charge >= 0.3 is 0 Å². The first-order valence-corrected chi connectivity index (χ1v) is 7.93. The fourth-order valence-corrected chi connectivity index (χ4v) is 2.32. The van der Waals surface area contributed by atoms with E-state index in [1.807, 2.05) is 31.2 Å². The number of hydrogen-bond acceptors (Lipinski definition) is 2. The molecule has 2 N–H and O–H groups in total. The molecular formula is C18H16Cl2N2O2. The maximum absolute atomic E-state index is 12.5. The van der Waals surface area contributed by atoms with Gasteiger partial charge in [0.05, 0.1) is 10.0 Å². The summed E-state index contributed by atoms with van der Waals surface area (Å²) in [6.07, 6.45) is 1.63. The lowest BCUT2D eigenvalue weighted by Gasteiger charge is -2.11. The minimum Gasteiger partial charge on any atom is -0.322 e. The standard InChI is InChI=1S/C18H16Cl2N2O2/c1-11-5-3-4-6-13(11)9-17(21-12(2)23)18(24)22-14-7-8-15(19)16(20)10-14/h3-10H,1-2H3,(H,21,23)(H,22,24). The van der Waals surface area contributed by atoms with Crippen molar-refractivity contribution >= 4 is 46.8 Å². The molecule has 0 aromatic heterocycles. The average molecular weight is 363 g/mol. The Morgan fingerprint density at radius 1 is 1.04 bits per heavy atom. The lowest BCUT2D eigenvalue weighted by molar-refractivity contribution is -0.120. The minimum atomic E-state index is -0.452. The Hall–Kier alpha value is -2.30. The normalized spacial score (nSPS) is 11.1. The van der Waals surface area contributed by atoms with Crippen LogP contribution in [0.2, 0.25) is 10.0 Å². The van der Waals surface area contributed by atoms with Crippen LogP contribution in [0.1, 0.15) is 18.1 Å². The molecule has 0 saturated heterocycles. The van der Waals surface area contributed by atoms with E-state index < -0.39 is 5.91 Å². The summed E-state index contributed by atoms with van der Waals surface area (Å²) in [4.78, 5) is 23.9. The number of benzene rings is 2. The van der Waals surface area contributed by atoms with Crippen molar-refractivity contribution < 1.29 is 9.59 Å². The molecular weight excluding hydrogens is 347 g/mol. The fraction of sp³-hybridized carbons (Fsp3) is 0.111. The zero-order valence-electron chi connectivity index (χ0n) is 13.2. The van der Waals surface area contributed by atoms with Crippen LogP contribution in [0.3, 0.4) is 0 Å². The van der Waals surface area contributed by atoms with Gasteiger partial charge in [0.15, 0.2) is 0 Å². The van der Waals surface area contributed by atoms with Crippen LogP contribution in [-0.4, -0.2) is 11.8 Å². The topological polar surface area (TPSA) is 58.2 Å². The van der Waals surface area contributed by atoms with Crippen LogP contribution in [-0.2, 0) is 9.59 Å². The van der Waals surface area contributed by atoms with Crippen molar-refractivity contribution in [1.29, 1.82) is 0 Å². The summed E-state index contributed by atoms with van der Waals surface area (Å²) < 4.78 is 0. The highest BCUT2D eigenvalue weighted by Gasteiger charge is 2.13. The number of carbonyl (C=O) groups excluding carboxylic acids is 2. The molecule has 0 radical (unpaired) electrons. The highest BCUT2D eigenvalue weighted by Crippen LogP contribution is 2.25. The number of nitrogens with one attached hydrogen (secondary N) is 2. The summed E-state index contributed by atoms with van der Waals surface area (Å²) >= 11 is 11.8. The zero-order chi connectivity index (χ0) is 17.7. The van der Waals surface area contributed by atoms with E-state index in [9.17, 15) is 9.59 Å². The van der Waals surface area contributed by atoms with Gasteiger partial charge in [-0.05, 0) is 42.3 Å². The molecule has 0 bridgehead atoms. The lowest BCUT2D eigenvalue weighted by atomic mass is 10.1. The molecule has 0 spiro atoms. The van der Waals surface area contributed by atoms with E-state index in [0.717, 1.165) is 11.1 Å². The summed E-state index contributed by atoms with van der Waals surface area (Å²) in [5, 5.41) is 5.97. The zero-order valence-corrected chi connectivity index (χ0v) is 14.7. The van der Waals surface area contributed by atoms with E-state index in [4.69, 9.17) is 23.2 Å². The van der Waals surface area contributed by atoms with Crippen LogP contribution in [0, 0.1) is 6.92 Å². The third-order valence-corrected chi connectivity index (χ3v) is 3.96. The summed E-state index contributed by atoms with van der Waals surface area (Å²) in [7, 11) is 0. The summed E-state index contributed by atoms with van der Waals surface area (Å²) in [5.41, 5.74) is 2.45. The van der Waals surface area contributed by atoms with Crippen molar-refractivity contribution in [3.8, 4) is 0 Å². The molecule has 2 amide bonds. The predicted molar refractivity (Wildman–Crippen MR) is 98.1 cm³/mol. The smallest absolute Gasteiger partial charge is 0.272 e. The van der Waals surface area contributed by atoms with E-state index in [1.54, 1.807) is 24.3 Å². The first kappa shape index (κ1) is 18.0. The largest absolute Gasteiger partial charge is 0.322 e. The van der Waals surface area contributed by atoms with Crippen molar-refractivity contribution in [2.24, 2.45) is 0 Å². The molecule has 2 aromatic carbocycles. The van der Waals surface area contributed by atoms with Crippen LogP contribution >= 0.6 is 23.2 Å². The second-order valence-corrected chi connectivity index (χ2v) is 5.99. The number of hydrogen-bond donors (Lipinski definition) is 2. The fourth-order valence-electron chi connectivity index (χ4n) is 2.02. The van der Waals surface area contributed by atoms with Gasteiger partial charge in [-0.1, -0.05) is 47.5 Å². The number of rotatable bonds is 4. The molecule has 0 aliphatic heterocycles. The molecule has 6 heteroatoms. The van der Waals surface area contributed by atoms with Crippen LogP contribution in [0.4, 0.5) is 5.69 Å². The molecule has 0 aliphatic carbocycles. The summed E-state index contributed by atoms with van der Waals surface area (Å²) in [5.74, 6) is -0.786. The number of amides is 2. The van der Waals surface area contributed by atoms with Crippen LogP contribution in [0.15, 0.2) is 48.2 Å². The van der Waals surface area contributed by atoms with Gasteiger partial charge in [-0.15, -0.1) is 0 Å². The Bertz CT molecular complexity index is 816. The average Bonchev–Trinajstić information content (AvgIpc) is 2.52. The van der Waals surface area contributed by atoms with Crippen LogP contribution in [0.5, 0.6) is 0 Å². The van der Waals surface area contributed by atoms with Crippen molar-refractivity contribution in [3.05, 3.63) is 69.3 Å². The number of aryl methyl sites for hydroxylation is 1. The summed E-state index contributed by atoms with van der Waals surface area (Å²) in [6, 6.07) is 12.3. The van der Waals surface area contributed by atoms with Crippen molar-refractivity contribution in [3.63, 3.8) is 0 Å². The highest BCUT2D eigenvalue weighted by molar-refractivity contribution is 6.42. The molecule has 0 fully saturated rings. The van der Waals surface area contributed by atoms with E-state index in [-0.39, 0.29) is 11.6 Å². The van der Waals surface area contributed by atoms with E-state index in [2.05, 4.69) is 10.6 Å². The van der Waals surface area contributed by atoms with E-state index in [1.165, 1.54) is 6.92 Å². The molecule has 0 aliphatic rings. The molecule has 24 heavy (non-hydrogen) atoms. The molecule has 2 rings (SSSR count). The first-order chi connectivity index (χ1) is 11.4. The molecule has 0 saturated carbocycles. The van der Waals surface area contributed by atoms with Gasteiger partial charge in [0.2, 0.25) is 5.91 Å². The third kappa shape index (κ3) is 4.85. The molecule has 0 heterocycles. The maximum atomic E-state index is 12.5. The van der Waals surface area contributed by atoms with Gasteiger partial charge in [0.25, 0.3) is 5.91 Å². The molecule has 0 atom stereocenters. The Morgan fingerprint density at radius 2 is 1.75 bits per heavy atom. The SMILES string of the molecule is CC(=O)NC(=Cc1ccccc1C)C(=O)Nc1ccc(Cl)c(Cl)c1. The van der Waals surface area contributed by atoms with Crippen LogP contribution in [0.25, 0.3) is 6.08 Å². The van der Waals surface area contributed by atoms with Gasteiger partial charge in [-0.25, -0.2) is 0 Å². The minimum absolute atomic E-state index is 0.142. The number of halogens is 2. The van der Waals surface area contributed by atoms with Crippen LogP contribution < -0.4 is 10.6 Å². The Kier molecular flexibility index (Phi) is 6.01. The number of anilines is 1. The molecule has 0 unspecified atom stereocenters. The number of carbonyl (C=O) groups is 2. The molecule has 4 nitrogen and oxygen atoms in total. The van der Waals surface area contributed by atoms with Crippen molar-refractivity contribution in [2.75, 3.05) is 5.32 Å². The highest BCUT2D eigenvalue weighted by atomic mass is 35.5. The second kappa shape index (κ2) is 7.99. The van der Waals surface area contributed by atoms with Gasteiger partial charge in [-0.2, -0.15) is 0 Å². The Balaban J connectivity index is 2.30. The Labute approximate surface area is 150 Å². The van der Waals surface area contributed by atoms with Gasteiger partial charge in [-0.3, -0.25) is 9.59 Å². The molecule has 124 valence electrons. The van der Waals surface area contributed by atoms with Crippen molar-refractivity contribution in [1.82, 2.24) is 5.32 Å². The monoisotopic (exact) mass is 362 g/mol. The first-order valence-electron chi connectivity index (χ1n) is 7.18. The quantitative estimate of drug-likeness (QED) is 0.791. The van der Waals surface area contributed by atoms with Gasteiger partial charge in [0.1, 0.15) is 5.70 Å². The van der Waals surface area contributed by atoms with E-state index >= 15 is 0 Å². The molecule has 2 aromatic rings. The summed E-state index contributed by atoms with van der Waals surface area (Å²) in [6.45, 7) is 3.27. The van der Waals surface area contributed by atoms with Gasteiger partial charge in [0, 0.05) is 12.6 Å². The third-order valence-electron chi connectivity index (χ3n) is 3.22. The maximum Gasteiger partial charge on any atom is 0.272 e. The van der Waals surface area contributed by atoms with Gasteiger partial charge < -0.3 is 10.6 Å². The van der Waals surface area contributed by atoms with Crippen molar-refractivity contribution in [2.45, 2.75) is 13.8 Å². The van der Waals surface area contributed by atoms with E-state index in [0.29, 0.717) is 15.7 Å².